The molecule has 21 heavy (non-hydrogen) atoms. The smallest absolute Gasteiger partial charge is 0.266 e. The highest BCUT2D eigenvalue weighted by molar-refractivity contribution is 7.07. The van der Waals surface area contributed by atoms with Gasteiger partial charge in [0.05, 0.1) is 11.3 Å². The monoisotopic (exact) mass is 302 g/mol. The average molecular weight is 302 g/mol. The summed E-state index contributed by atoms with van der Waals surface area (Å²) in [6.07, 6.45) is 4.10. The molecule has 0 unspecified atom stereocenters. The summed E-state index contributed by atoms with van der Waals surface area (Å²) in [6, 6.07) is 6.49. The average Bonchev–Trinajstić information content (AvgIpc) is 3.24. The van der Waals surface area contributed by atoms with Crippen LogP contribution in [0, 0.1) is 0 Å². The first kappa shape index (κ1) is 14.2. The van der Waals surface area contributed by atoms with E-state index in [1.54, 1.807) is 23.6 Å². The van der Waals surface area contributed by atoms with Gasteiger partial charge in [-0.25, -0.2) is 5.84 Å². The number of carbonyl (C=O) groups excluding carboxylic acids is 1. The molecule has 1 aliphatic carbocycles. The number of nitrogens with one attached hydrogen (secondary N) is 1. The third-order valence-electron chi connectivity index (χ3n) is 3.61. The van der Waals surface area contributed by atoms with Crippen molar-refractivity contribution in [3.8, 4) is 0 Å². The van der Waals surface area contributed by atoms with E-state index < -0.39 is 0 Å². The topological polar surface area (TPSA) is 71.2 Å². The van der Waals surface area contributed by atoms with E-state index in [-0.39, 0.29) is 5.91 Å². The van der Waals surface area contributed by atoms with Gasteiger partial charge in [0.15, 0.2) is 0 Å². The Morgan fingerprint density at radius 1 is 1.38 bits per heavy atom. The molecule has 1 amide bonds. The summed E-state index contributed by atoms with van der Waals surface area (Å²) >= 11 is 1.73. The molecule has 1 fully saturated rings. The molecule has 1 aliphatic rings. The molecule has 3 N–H and O–H groups in total. The fraction of sp³-hybridized carbons (Fsp3) is 0.333. The van der Waals surface area contributed by atoms with E-state index in [0.29, 0.717) is 11.6 Å². The van der Waals surface area contributed by atoms with Gasteiger partial charge in [-0.05, 0) is 47.4 Å². The van der Waals surface area contributed by atoms with Gasteiger partial charge in [0.25, 0.3) is 5.91 Å². The molecule has 0 bridgehead atoms. The number of hydrazine groups is 1. The maximum absolute atomic E-state index is 11.4. The number of nitrogen functional groups attached to an aromatic ring is 1. The number of nitrogens with zero attached hydrogens (tertiary/aromatic N) is 2. The molecule has 3 rings (SSSR count). The van der Waals surface area contributed by atoms with Gasteiger partial charge in [-0.3, -0.25) is 20.1 Å². The first-order chi connectivity index (χ1) is 10.3. The number of hydrogen-bond acceptors (Lipinski definition) is 5. The third kappa shape index (κ3) is 3.66. The van der Waals surface area contributed by atoms with Crippen LogP contribution in [0.4, 0.5) is 0 Å². The molecule has 0 spiro atoms. The number of nitrogens with two attached hydrogens (primary N) is 1. The number of thiophene rings is 1. The molecule has 6 heteroatoms. The summed E-state index contributed by atoms with van der Waals surface area (Å²) < 4.78 is 0. The van der Waals surface area contributed by atoms with Gasteiger partial charge in [-0.15, -0.1) is 0 Å². The molecule has 0 aromatic carbocycles. The van der Waals surface area contributed by atoms with Crippen molar-refractivity contribution in [1.82, 2.24) is 15.3 Å². The first-order valence-corrected chi connectivity index (χ1v) is 7.91. The third-order valence-corrected chi connectivity index (χ3v) is 4.34. The number of rotatable bonds is 6. The van der Waals surface area contributed by atoms with Crippen LogP contribution in [-0.4, -0.2) is 21.8 Å². The SMILES string of the molecule is NNC(=O)c1ccc(CN(Cc2ccsc2)C2CC2)nc1. The van der Waals surface area contributed by atoms with Crippen molar-refractivity contribution >= 4 is 17.2 Å². The Hall–Kier alpha value is -1.76. The van der Waals surface area contributed by atoms with Crippen LogP contribution in [0.1, 0.15) is 34.5 Å². The molecule has 2 aromatic heterocycles. The van der Waals surface area contributed by atoms with E-state index in [1.807, 2.05) is 6.07 Å². The molecule has 0 aliphatic heterocycles. The molecule has 5 nitrogen and oxygen atoms in total. The maximum atomic E-state index is 11.4. The van der Waals surface area contributed by atoms with Crippen LogP contribution in [0.15, 0.2) is 35.2 Å². The Bertz CT molecular complexity index is 593. The minimum Gasteiger partial charge on any atom is -0.290 e. The van der Waals surface area contributed by atoms with Crippen molar-refractivity contribution in [1.29, 1.82) is 0 Å². The van der Waals surface area contributed by atoms with Crippen LogP contribution in [0.3, 0.4) is 0 Å². The predicted octanol–water partition coefficient (Wildman–Crippen LogP) is 1.91. The van der Waals surface area contributed by atoms with E-state index in [9.17, 15) is 4.79 Å². The van der Waals surface area contributed by atoms with E-state index in [0.717, 1.165) is 18.8 Å². The zero-order chi connectivity index (χ0) is 14.7. The van der Waals surface area contributed by atoms with E-state index >= 15 is 0 Å². The van der Waals surface area contributed by atoms with Crippen molar-refractivity contribution in [2.24, 2.45) is 5.84 Å². The normalized spacial score (nSPS) is 14.4. The fourth-order valence-corrected chi connectivity index (χ4v) is 2.97. The molecule has 0 radical (unpaired) electrons. The van der Waals surface area contributed by atoms with Crippen molar-refractivity contribution in [2.45, 2.75) is 32.0 Å². The van der Waals surface area contributed by atoms with Gasteiger partial charge in [0.1, 0.15) is 0 Å². The highest BCUT2D eigenvalue weighted by atomic mass is 32.1. The Balaban J connectivity index is 1.66. The van der Waals surface area contributed by atoms with Crippen molar-refractivity contribution in [3.05, 3.63) is 52.0 Å². The summed E-state index contributed by atoms with van der Waals surface area (Å²) in [5.41, 5.74) is 4.92. The highest BCUT2D eigenvalue weighted by Crippen LogP contribution is 2.29. The summed E-state index contributed by atoms with van der Waals surface area (Å²) in [5.74, 6) is 4.80. The van der Waals surface area contributed by atoms with Crippen LogP contribution in [0.25, 0.3) is 0 Å². The summed E-state index contributed by atoms with van der Waals surface area (Å²) in [5, 5.41) is 4.30. The second-order valence-corrected chi connectivity index (χ2v) is 6.06. The van der Waals surface area contributed by atoms with Crippen LogP contribution < -0.4 is 11.3 Å². The van der Waals surface area contributed by atoms with Crippen molar-refractivity contribution in [2.75, 3.05) is 0 Å². The van der Waals surface area contributed by atoms with Crippen LogP contribution in [-0.2, 0) is 13.1 Å². The Labute approximate surface area is 127 Å². The molecule has 0 saturated heterocycles. The number of amides is 1. The van der Waals surface area contributed by atoms with Crippen LogP contribution >= 0.6 is 11.3 Å². The molecule has 2 aromatic rings. The second kappa shape index (κ2) is 6.34. The highest BCUT2D eigenvalue weighted by Gasteiger charge is 2.29. The zero-order valence-electron chi connectivity index (χ0n) is 11.7. The molecule has 110 valence electrons. The Morgan fingerprint density at radius 3 is 2.81 bits per heavy atom. The van der Waals surface area contributed by atoms with Gasteiger partial charge in [0.2, 0.25) is 0 Å². The van der Waals surface area contributed by atoms with Gasteiger partial charge in [0, 0.05) is 25.3 Å². The molecule has 1 saturated carbocycles. The summed E-state index contributed by atoms with van der Waals surface area (Å²) in [4.78, 5) is 18.2. The fourth-order valence-electron chi connectivity index (χ4n) is 2.31. The molecular formula is C15H18N4OS. The maximum Gasteiger partial charge on any atom is 0.266 e. The van der Waals surface area contributed by atoms with Gasteiger partial charge >= 0.3 is 0 Å². The number of pyridine rings is 1. The van der Waals surface area contributed by atoms with Crippen molar-refractivity contribution < 1.29 is 4.79 Å². The number of aromatic nitrogens is 1. The first-order valence-electron chi connectivity index (χ1n) is 6.97. The van der Waals surface area contributed by atoms with Gasteiger partial charge < -0.3 is 0 Å². The van der Waals surface area contributed by atoms with Crippen LogP contribution in [0.2, 0.25) is 0 Å². The second-order valence-electron chi connectivity index (χ2n) is 5.28. The Kier molecular flexibility index (Phi) is 4.28. The predicted molar refractivity (Wildman–Crippen MR) is 82.5 cm³/mol. The molecule has 2 heterocycles. The van der Waals surface area contributed by atoms with E-state index in [4.69, 9.17) is 5.84 Å². The van der Waals surface area contributed by atoms with Gasteiger partial charge in [-0.1, -0.05) is 0 Å². The number of hydrogen-bond donors (Lipinski definition) is 2. The number of carbonyl (C=O) groups is 1. The van der Waals surface area contributed by atoms with E-state index in [1.165, 1.54) is 18.4 Å². The Morgan fingerprint density at radius 2 is 2.24 bits per heavy atom. The minimum atomic E-state index is -0.314. The largest absolute Gasteiger partial charge is 0.290 e. The van der Waals surface area contributed by atoms with Crippen molar-refractivity contribution in [3.63, 3.8) is 0 Å². The lowest BCUT2D eigenvalue weighted by molar-refractivity contribution is 0.0953. The van der Waals surface area contributed by atoms with E-state index in [2.05, 4.69) is 32.1 Å². The molecule has 0 atom stereocenters. The lowest BCUT2D eigenvalue weighted by Gasteiger charge is -2.21. The lowest BCUT2D eigenvalue weighted by atomic mass is 10.2. The van der Waals surface area contributed by atoms with Crippen LogP contribution in [0.5, 0.6) is 0 Å². The van der Waals surface area contributed by atoms with Gasteiger partial charge in [-0.2, -0.15) is 11.3 Å². The minimum absolute atomic E-state index is 0.314. The summed E-state index contributed by atoms with van der Waals surface area (Å²) in [6.45, 7) is 1.77. The standard InChI is InChI=1S/C15H18N4OS/c16-18-15(20)12-1-2-13(17-7-12)9-19(14-3-4-14)8-11-5-6-21-10-11/h1-2,5-7,10,14H,3-4,8-9,16H2,(H,18,20). The quantitative estimate of drug-likeness (QED) is 0.486. The zero-order valence-corrected chi connectivity index (χ0v) is 12.5. The lowest BCUT2D eigenvalue weighted by Crippen LogP contribution is -2.30. The molecular weight excluding hydrogens is 284 g/mol. The summed E-state index contributed by atoms with van der Waals surface area (Å²) in [7, 11) is 0.